The zero-order chi connectivity index (χ0) is 22.2. The average Bonchev–Trinajstić information content (AvgIpc) is 2.72. The maximum absolute atomic E-state index is 13.1. The number of hydrogen-bond acceptors (Lipinski definition) is 5. The molecule has 0 amide bonds. The fourth-order valence-electron chi connectivity index (χ4n) is 4.07. The Bertz CT molecular complexity index is 1060. The number of ether oxygens (including phenoxy) is 3. The molecule has 5 nitrogen and oxygen atoms in total. The summed E-state index contributed by atoms with van der Waals surface area (Å²) in [6.07, 6.45) is 7.76. The highest BCUT2D eigenvalue weighted by Crippen LogP contribution is 2.49. The van der Waals surface area contributed by atoms with Crippen LogP contribution in [-0.4, -0.2) is 23.6 Å². The molecule has 0 fully saturated rings. The Balaban J connectivity index is 1.71. The van der Waals surface area contributed by atoms with E-state index in [1.807, 2.05) is 12.2 Å². The van der Waals surface area contributed by atoms with Crippen molar-refractivity contribution in [3.8, 4) is 23.0 Å². The summed E-state index contributed by atoms with van der Waals surface area (Å²) in [5, 5.41) is 9.58. The van der Waals surface area contributed by atoms with Crippen molar-refractivity contribution in [2.45, 2.75) is 51.7 Å². The summed E-state index contributed by atoms with van der Waals surface area (Å²) < 4.78 is 18.2. The van der Waals surface area contributed by atoms with E-state index in [-0.39, 0.29) is 18.0 Å². The molecule has 0 aliphatic carbocycles. The molecule has 0 radical (unpaired) electrons. The van der Waals surface area contributed by atoms with Crippen molar-refractivity contribution in [3.05, 3.63) is 64.7 Å². The van der Waals surface area contributed by atoms with Crippen LogP contribution in [0.1, 0.15) is 67.6 Å². The van der Waals surface area contributed by atoms with Gasteiger partial charge in [-0.05, 0) is 63.5 Å². The minimum Gasteiger partial charge on any atom is -0.508 e. The van der Waals surface area contributed by atoms with Crippen LogP contribution in [0.15, 0.2) is 48.1 Å². The first-order chi connectivity index (χ1) is 14.8. The molecule has 1 unspecified atom stereocenters. The van der Waals surface area contributed by atoms with Gasteiger partial charge < -0.3 is 19.3 Å². The molecule has 0 saturated heterocycles. The Hall–Kier alpha value is -3.21. The number of rotatable bonds is 5. The van der Waals surface area contributed by atoms with E-state index in [1.165, 1.54) is 5.57 Å². The molecule has 1 N–H and O–H groups in total. The van der Waals surface area contributed by atoms with Gasteiger partial charge >= 0.3 is 0 Å². The molecule has 31 heavy (non-hydrogen) atoms. The highest BCUT2D eigenvalue weighted by Gasteiger charge is 2.37. The van der Waals surface area contributed by atoms with E-state index in [2.05, 4.69) is 26.8 Å². The Morgan fingerprint density at radius 3 is 2.71 bits per heavy atom. The molecule has 4 rings (SSSR count). The van der Waals surface area contributed by atoms with Gasteiger partial charge in [0.25, 0.3) is 0 Å². The highest BCUT2D eigenvalue weighted by atomic mass is 16.5. The van der Waals surface area contributed by atoms with Crippen LogP contribution in [0.25, 0.3) is 6.08 Å². The molecule has 5 heteroatoms. The fourth-order valence-corrected chi connectivity index (χ4v) is 4.07. The van der Waals surface area contributed by atoms with Crippen LogP contribution < -0.4 is 14.2 Å². The summed E-state index contributed by atoms with van der Waals surface area (Å²) in [6, 6.07) is 8.54. The number of ketones is 1. The van der Waals surface area contributed by atoms with Gasteiger partial charge in [-0.1, -0.05) is 23.8 Å². The number of methoxy groups -OCH3 is 1. The minimum atomic E-state index is -0.451. The summed E-state index contributed by atoms with van der Waals surface area (Å²) in [6.45, 7) is 6.24. The molecule has 2 aliphatic heterocycles. The molecule has 0 saturated carbocycles. The van der Waals surface area contributed by atoms with E-state index >= 15 is 0 Å². The molecule has 162 valence electrons. The van der Waals surface area contributed by atoms with Crippen LogP contribution in [0.2, 0.25) is 0 Å². The molecule has 2 aliphatic rings. The van der Waals surface area contributed by atoms with Crippen LogP contribution in [-0.2, 0) is 0 Å². The van der Waals surface area contributed by atoms with E-state index in [0.717, 1.165) is 24.0 Å². The number of phenols is 1. The Labute approximate surface area is 183 Å². The summed E-state index contributed by atoms with van der Waals surface area (Å²) in [4.78, 5) is 13.1. The van der Waals surface area contributed by atoms with E-state index < -0.39 is 11.7 Å². The van der Waals surface area contributed by atoms with Gasteiger partial charge in [0, 0.05) is 6.07 Å². The third-order valence-corrected chi connectivity index (χ3v) is 5.78. The van der Waals surface area contributed by atoms with Crippen LogP contribution in [0.3, 0.4) is 0 Å². The van der Waals surface area contributed by atoms with Crippen molar-refractivity contribution in [2.75, 3.05) is 7.11 Å². The summed E-state index contributed by atoms with van der Waals surface area (Å²) >= 11 is 0. The van der Waals surface area contributed by atoms with Crippen molar-refractivity contribution >= 4 is 11.9 Å². The quantitative estimate of drug-likeness (QED) is 0.600. The van der Waals surface area contributed by atoms with E-state index in [4.69, 9.17) is 14.2 Å². The van der Waals surface area contributed by atoms with E-state index in [9.17, 15) is 9.90 Å². The van der Waals surface area contributed by atoms with Gasteiger partial charge in [0.15, 0.2) is 5.78 Å². The molecule has 0 aromatic heterocycles. The van der Waals surface area contributed by atoms with Crippen LogP contribution >= 0.6 is 0 Å². The SMILES string of the molecule is COc1cc2c(c3c1C(=O)C[C@H](c1ccc(O)cc1)O3)C=CC(C)(CCC=C(C)C)O2. The van der Waals surface area contributed by atoms with Gasteiger partial charge in [-0.25, -0.2) is 0 Å². The van der Waals surface area contributed by atoms with Crippen molar-refractivity contribution in [1.29, 1.82) is 0 Å². The number of phenolic OH excluding ortho intramolecular Hbond substituents is 1. The van der Waals surface area contributed by atoms with Crippen molar-refractivity contribution in [2.24, 2.45) is 0 Å². The lowest BCUT2D eigenvalue weighted by atomic mass is 9.90. The second-order valence-electron chi connectivity index (χ2n) is 8.59. The molecule has 2 aromatic rings. The van der Waals surface area contributed by atoms with Gasteiger partial charge in [0.2, 0.25) is 0 Å². The minimum absolute atomic E-state index is 0.0377. The number of carbonyl (C=O) groups excluding carboxylic acids is 1. The number of aromatic hydroxyl groups is 1. The number of hydrogen-bond donors (Lipinski definition) is 1. The lowest BCUT2D eigenvalue weighted by molar-refractivity contribution is 0.0838. The first-order valence-electron chi connectivity index (χ1n) is 10.5. The fraction of sp³-hybridized carbons (Fsp3) is 0.346. The number of benzene rings is 2. The highest BCUT2D eigenvalue weighted by molar-refractivity contribution is 6.04. The van der Waals surface area contributed by atoms with Crippen LogP contribution in [0, 0.1) is 0 Å². The van der Waals surface area contributed by atoms with Gasteiger partial charge in [-0.15, -0.1) is 0 Å². The van der Waals surface area contributed by atoms with Crippen molar-refractivity contribution in [3.63, 3.8) is 0 Å². The Morgan fingerprint density at radius 2 is 2.03 bits per heavy atom. The summed E-state index contributed by atoms with van der Waals surface area (Å²) in [5.41, 5.74) is 2.88. The number of Topliss-reactive ketones (excluding diaryl/α,β-unsaturated/α-hetero) is 1. The standard InChI is InChI=1S/C26H28O5/c1-16(2)6-5-12-26(3)13-11-19-22(31-26)15-23(29-4)24-20(28)14-21(30-25(19)24)17-7-9-18(27)10-8-17/h6-11,13,15,21,27H,5,12,14H2,1-4H3/t21-,26?/m1/s1. The normalized spacial score (nSPS) is 21.4. The van der Waals surface area contributed by atoms with Crippen molar-refractivity contribution in [1.82, 2.24) is 0 Å². The molecule has 2 atom stereocenters. The predicted molar refractivity (Wildman–Crippen MR) is 120 cm³/mol. The maximum Gasteiger partial charge on any atom is 0.174 e. The Morgan fingerprint density at radius 1 is 1.29 bits per heavy atom. The molecule has 2 heterocycles. The third kappa shape index (κ3) is 4.18. The summed E-state index contributed by atoms with van der Waals surface area (Å²) in [7, 11) is 1.55. The van der Waals surface area contributed by atoms with Gasteiger partial charge in [0.05, 0.1) is 19.1 Å². The van der Waals surface area contributed by atoms with E-state index in [0.29, 0.717) is 22.8 Å². The van der Waals surface area contributed by atoms with Gasteiger partial charge in [-0.3, -0.25) is 4.79 Å². The topological polar surface area (TPSA) is 65.0 Å². The van der Waals surface area contributed by atoms with Gasteiger partial charge in [-0.2, -0.15) is 0 Å². The molecule has 0 bridgehead atoms. The predicted octanol–water partition coefficient (Wildman–Crippen LogP) is 6.02. The molecular weight excluding hydrogens is 392 g/mol. The largest absolute Gasteiger partial charge is 0.508 e. The Kier molecular flexibility index (Phi) is 5.52. The molecular formula is C26H28O5. The van der Waals surface area contributed by atoms with Crippen LogP contribution in [0.5, 0.6) is 23.0 Å². The number of fused-ring (bicyclic) bond motifs is 3. The lowest BCUT2D eigenvalue weighted by Crippen LogP contribution is -2.32. The van der Waals surface area contributed by atoms with Gasteiger partial charge in [0.1, 0.15) is 40.3 Å². The number of carbonyl (C=O) groups is 1. The molecule has 0 spiro atoms. The van der Waals surface area contributed by atoms with Crippen LogP contribution in [0.4, 0.5) is 0 Å². The zero-order valence-electron chi connectivity index (χ0n) is 18.4. The number of allylic oxidation sites excluding steroid dienone is 2. The zero-order valence-corrected chi connectivity index (χ0v) is 18.4. The third-order valence-electron chi connectivity index (χ3n) is 5.78. The first kappa shape index (κ1) is 21.0. The van der Waals surface area contributed by atoms with E-state index in [1.54, 1.807) is 37.4 Å². The molecule has 2 aromatic carbocycles. The second kappa shape index (κ2) is 8.14. The maximum atomic E-state index is 13.1. The first-order valence-corrected chi connectivity index (χ1v) is 10.5. The summed E-state index contributed by atoms with van der Waals surface area (Å²) in [5.74, 6) is 1.74. The smallest absolute Gasteiger partial charge is 0.174 e. The monoisotopic (exact) mass is 420 g/mol. The second-order valence-corrected chi connectivity index (χ2v) is 8.59. The lowest BCUT2D eigenvalue weighted by Gasteiger charge is -2.35. The van der Waals surface area contributed by atoms with Crippen molar-refractivity contribution < 1.29 is 24.1 Å². The average molecular weight is 421 g/mol.